The zero-order chi connectivity index (χ0) is 10.7. The van der Waals surface area contributed by atoms with Crippen LogP contribution in [0.1, 0.15) is 16.4 Å². The van der Waals surface area contributed by atoms with E-state index in [2.05, 4.69) is 0 Å². The van der Waals surface area contributed by atoms with Gasteiger partial charge in [-0.1, -0.05) is 41.9 Å². The summed E-state index contributed by atoms with van der Waals surface area (Å²) in [6.45, 7) is 0. The highest BCUT2D eigenvalue weighted by atomic mass is 32.1. The molecule has 0 N–H and O–H groups in total. The molecular formula is C12H9BOS. The highest BCUT2D eigenvalue weighted by Crippen LogP contribution is 2.25. The van der Waals surface area contributed by atoms with Crippen LogP contribution in [0.5, 0.6) is 0 Å². The Kier molecular flexibility index (Phi) is 3.02. The van der Waals surface area contributed by atoms with Gasteiger partial charge in [-0.15, -0.1) is 11.3 Å². The molecule has 0 aliphatic carbocycles. The highest BCUT2D eigenvalue weighted by Gasteiger charge is 2.13. The van der Waals surface area contributed by atoms with Crippen molar-refractivity contribution in [3.63, 3.8) is 0 Å². The van der Waals surface area contributed by atoms with Crippen LogP contribution in [-0.4, -0.2) is 14.1 Å². The second kappa shape index (κ2) is 4.45. The first-order valence-electron chi connectivity index (χ1n) is 4.65. The summed E-state index contributed by atoms with van der Waals surface area (Å²) in [5.41, 5.74) is 1.73. The van der Waals surface area contributed by atoms with Crippen molar-refractivity contribution in [3.05, 3.63) is 52.2 Å². The molecule has 2 rings (SSSR count). The van der Waals surface area contributed by atoms with Crippen LogP contribution in [0.15, 0.2) is 41.8 Å². The lowest BCUT2D eigenvalue weighted by atomic mass is 9.95. The number of aldehydes is 1. The molecule has 0 amide bonds. The topological polar surface area (TPSA) is 17.1 Å². The average Bonchev–Trinajstić information content (AvgIpc) is 2.68. The van der Waals surface area contributed by atoms with Gasteiger partial charge in [0.1, 0.15) is 14.1 Å². The Morgan fingerprint density at radius 1 is 1.27 bits per heavy atom. The third-order valence-corrected chi connectivity index (χ3v) is 3.28. The summed E-state index contributed by atoms with van der Waals surface area (Å²) in [5, 5.41) is 1.86. The summed E-state index contributed by atoms with van der Waals surface area (Å²) < 4.78 is 0. The molecule has 0 spiro atoms. The van der Waals surface area contributed by atoms with E-state index in [9.17, 15) is 4.79 Å². The third kappa shape index (κ3) is 2.18. The van der Waals surface area contributed by atoms with Crippen LogP contribution < -0.4 is 5.46 Å². The van der Waals surface area contributed by atoms with E-state index in [1.165, 1.54) is 11.3 Å². The fourth-order valence-electron chi connectivity index (χ4n) is 1.50. The zero-order valence-corrected chi connectivity index (χ0v) is 8.91. The predicted octanol–water partition coefficient (Wildman–Crippen LogP) is 1.87. The van der Waals surface area contributed by atoms with E-state index in [4.69, 9.17) is 7.85 Å². The molecule has 0 saturated carbocycles. The fraction of sp³-hybridized carbons (Fsp3) is 0.0833. The lowest BCUT2D eigenvalue weighted by Gasteiger charge is -2.07. The predicted molar refractivity (Wildman–Crippen MR) is 64.1 cm³/mol. The maximum atomic E-state index is 11.1. The number of rotatable bonds is 3. The van der Waals surface area contributed by atoms with Gasteiger partial charge in [0.15, 0.2) is 0 Å². The minimum Gasteiger partial charge on any atom is -0.302 e. The van der Waals surface area contributed by atoms with Gasteiger partial charge in [-0.2, -0.15) is 0 Å². The van der Waals surface area contributed by atoms with Gasteiger partial charge < -0.3 is 4.79 Å². The molecule has 1 aromatic heterocycles. The molecule has 15 heavy (non-hydrogen) atoms. The van der Waals surface area contributed by atoms with E-state index in [-0.39, 0.29) is 5.92 Å². The van der Waals surface area contributed by atoms with Crippen molar-refractivity contribution >= 4 is 30.9 Å². The summed E-state index contributed by atoms with van der Waals surface area (Å²) in [4.78, 5) is 12.1. The van der Waals surface area contributed by atoms with Crippen LogP contribution in [0.4, 0.5) is 0 Å². The monoisotopic (exact) mass is 212 g/mol. The Morgan fingerprint density at radius 2 is 2.00 bits per heavy atom. The molecule has 0 aliphatic heterocycles. The van der Waals surface area contributed by atoms with Crippen LogP contribution in [-0.2, 0) is 4.79 Å². The molecule has 2 radical (unpaired) electrons. The molecule has 0 bridgehead atoms. The number of carbonyl (C=O) groups excluding carboxylic acids is 1. The third-order valence-electron chi connectivity index (χ3n) is 2.24. The molecule has 0 saturated heterocycles. The number of thiophene rings is 1. The molecule has 1 nitrogen and oxygen atoms in total. The molecule has 1 heterocycles. The fourth-order valence-corrected chi connectivity index (χ4v) is 2.38. The molecule has 2 aromatic rings. The van der Waals surface area contributed by atoms with Gasteiger partial charge in [0, 0.05) is 4.88 Å². The molecule has 3 heteroatoms. The van der Waals surface area contributed by atoms with Gasteiger partial charge in [0.25, 0.3) is 0 Å². The van der Waals surface area contributed by atoms with Crippen LogP contribution in [0.25, 0.3) is 0 Å². The Balaban J connectivity index is 2.37. The minimum atomic E-state index is -0.187. The molecule has 1 aromatic carbocycles. The van der Waals surface area contributed by atoms with Crippen LogP contribution in [0.2, 0.25) is 0 Å². The molecule has 1 unspecified atom stereocenters. The second-order valence-corrected chi connectivity index (χ2v) is 4.25. The van der Waals surface area contributed by atoms with E-state index < -0.39 is 0 Å². The number of benzene rings is 1. The summed E-state index contributed by atoms with van der Waals surface area (Å²) >= 11 is 1.52. The quantitative estimate of drug-likeness (QED) is 0.560. The largest absolute Gasteiger partial charge is 0.302 e. The Bertz CT molecular complexity index is 450. The molecular weight excluding hydrogens is 203 g/mol. The summed E-state index contributed by atoms with van der Waals surface area (Å²) in [6, 6.07) is 11.6. The van der Waals surface area contributed by atoms with Gasteiger partial charge in [-0.3, -0.25) is 0 Å². The number of hydrogen-bond acceptors (Lipinski definition) is 2. The van der Waals surface area contributed by atoms with Crippen molar-refractivity contribution in [1.29, 1.82) is 0 Å². The number of carbonyl (C=O) groups is 1. The maximum Gasteiger partial charge on any atom is 0.132 e. The Morgan fingerprint density at radius 3 is 2.53 bits per heavy atom. The van der Waals surface area contributed by atoms with Crippen molar-refractivity contribution in [3.8, 4) is 0 Å². The van der Waals surface area contributed by atoms with E-state index in [1.807, 2.05) is 41.8 Å². The first-order chi connectivity index (χ1) is 7.31. The van der Waals surface area contributed by atoms with E-state index in [0.29, 0.717) is 0 Å². The normalized spacial score (nSPS) is 12.3. The molecule has 72 valence electrons. The van der Waals surface area contributed by atoms with Crippen LogP contribution in [0.3, 0.4) is 0 Å². The van der Waals surface area contributed by atoms with Gasteiger partial charge in [-0.05, 0) is 10.9 Å². The van der Waals surface area contributed by atoms with Gasteiger partial charge >= 0.3 is 0 Å². The first kappa shape index (κ1) is 10.2. The van der Waals surface area contributed by atoms with E-state index in [0.717, 1.165) is 22.2 Å². The smallest absolute Gasteiger partial charge is 0.132 e. The maximum absolute atomic E-state index is 11.1. The van der Waals surface area contributed by atoms with Crippen molar-refractivity contribution < 1.29 is 4.79 Å². The number of hydrogen-bond donors (Lipinski definition) is 0. The Hall–Kier alpha value is -1.35. The first-order valence-corrected chi connectivity index (χ1v) is 5.53. The second-order valence-electron chi connectivity index (χ2n) is 3.31. The van der Waals surface area contributed by atoms with E-state index >= 15 is 0 Å². The van der Waals surface area contributed by atoms with Crippen molar-refractivity contribution in [2.45, 2.75) is 5.92 Å². The summed E-state index contributed by atoms with van der Waals surface area (Å²) in [5.74, 6) is -0.187. The highest BCUT2D eigenvalue weighted by molar-refractivity contribution is 7.11. The van der Waals surface area contributed by atoms with Gasteiger partial charge in [-0.25, -0.2) is 0 Å². The summed E-state index contributed by atoms with van der Waals surface area (Å²) in [6.07, 6.45) is 0.959. The average molecular weight is 212 g/mol. The minimum absolute atomic E-state index is 0.187. The zero-order valence-electron chi connectivity index (χ0n) is 8.09. The van der Waals surface area contributed by atoms with Crippen LogP contribution >= 0.6 is 11.3 Å². The molecule has 0 fully saturated rings. The van der Waals surface area contributed by atoms with Gasteiger partial charge in [0.05, 0.1) is 5.92 Å². The molecule has 0 aliphatic rings. The standard InChI is InChI=1S/C12H9BOS/c13-10-6-12(15-8-10)11(7-14)9-4-2-1-3-5-9/h1-8,11H. The van der Waals surface area contributed by atoms with Gasteiger partial charge in [0.2, 0.25) is 0 Å². The summed E-state index contributed by atoms with van der Waals surface area (Å²) in [7, 11) is 5.64. The lowest BCUT2D eigenvalue weighted by molar-refractivity contribution is -0.108. The lowest BCUT2D eigenvalue weighted by Crippen LogP contribution is -2.01. The van der Waals surface area contributed by atoms with Crippen molar-refractivity contribution in [2.24, 2.45) is 0 Å². The van der Waals surface area contributed by atoms with Crippen molar-refractivity contribution in [1.82, 2.24) is 0 Å². The molecule has 1 atom stereocenters. The van der Waals surface area contributed by atoms with E-state index in [1.54, 1.807) is 0 Å². The van der Waals surface area contributed by atoms with Crippen LogP contribution in [0, 0.1) is 0 Å². The SMILES string of the molecule is [B]c1csc(C(C=O)c2ccccc2)c1. The Labute approximate surface area is 94.2 Å². The van der Waals surface area contributed by atoms with Crippen molar-refractivity contribution in [2.75, 3.05) is 0 Å².